The lowest BCUT2D eigenvalue weighted by atomic mass is 9.90. The van der Waals surface area contributed by atoms with E-state index in [1.54, 1.807) is 0 Å². The Kier molecular flexibility index (Phi) is 1.55. The highest BCUT2D eigenvalue weighted by molar-refractivity contribution is 6.11. The molecule has 0 amide bonds. The molecule has 4 heteroatoms. The van der Waals surface area contributed by atoms with Crippen molar-refractivity contribution in [1.82, 2.24) is 0 Å². The van der Waals surface area contributed by atoms with Crippen LogP contribution >= 0.6 is 0 Å². The summed E-state index contributed by atoms with van der Waals surface area (Å²) in [6.07, 6.45) is 0.972. The number of carbonyl (C=O) groups is 2. The summed E-state index contributed by atoms with van der Waals surface area (Å²) in [5.41, 5.74) is 0. The third kappa shape index (κ3) is 1.12. The van der Waals surface area contributed by atoms with Gasteiger partial charge in [0.05, 0.1) is 12.3 Å². The molecular weight excluding hydrogens is 119 g/mol. The van der Waals surface area contributed by atoms with E-state index in [-0.39, 0.29) is 24.3 Å². The van der Waals surface area contributed by atoms with Gasteiger partial charge in [-0.1, -0.05) is 6.32 Å². The van der Waals surface area contributed by atoms with E-state index in [0.29, 0.717) is 6.32 Å². The van der Waals surface area contributed by atoms with E-state index in [4.69, 9.17) is 0 Å². The maximum absolute atomic E-state index is 10.6. The van der Waals surface area contributed by atoms with Gasteiger partial charge in [0.25, 0.3) is 0 Å². The molecule has 3 nitrogen and oxygen atoms in total. The van der Waals surface area contributed by atoms with Crippen molar-refractivity contribution in [1.29, 1.82) is 0 Å². The third-order valence-corrected chi connectivity index (χ3v) is 1.45. The van der Waals surface area contributed by atoms with Crippen LogP contribution in [0.1, 0.15) is 6.42 Å². The van der Waals surface area contributed by atoms with Gasteiger partial charge in [0.1, 0.15) is 7.85 Å². The zero-order chi connectivity index (χ0) is 6.85. The number of hydrogen-bond acceptors (Lipinski definition) is 3. The summed E-state index contributed by atoms with van der Waals surface area (Å²) in [6.45, 7) is 0. The molecule has 0 aliphatic carbocycles. The highest BCUT2D eigenvalue weighted by Gasteiger charge is 2.31. The quantitative estimate of drug-likeness (QED) is 0.260. The predicted octanol–water partition coefficient (Wildman–Crippen LogP) is -0.873. The van der Waals surface area contributed by atoms with Crippen molar-refractivity contribution in [3.8, 4) is 0 Å². The number of cyclic esters (lactones) is 2. The van der Waals surface area contributed by atoms with Crippen molar-refractivity contribution in [2.45, 2.75) is 12.7 Å². The normalized spacial score (nSPS) is 26.4. The Bertz CT molecular complexity index is 154. The fourth-order valence-electron chi connectivity index (χ4n) is 0.833. The Hall–Kier alpha value is -0.795. The molecule has 1 saturated heterocycles. The second-order valence-corrected chi connectivity index (χ2v) is 2.10. The highest BCUT2D eigenvalue weighted by Crippen LogP contribution is 2.17. The largest absolute Gasteiger partial charge is 0.393 e. The van der Waals surface area contributed by atoms with Gasteiger partial charge in [-0.05, 0) is 0 Å². The molecule has 9 heavy (non-hydrogen) atoms. The van der Waals surface area contributed by atoms with Crippen molar-refractivity contribution in [3.05, 3.63) is 0 Å². The molecule has 1 rings (SSSR count). The van der Waals surface area contributed by atoms with Gasteiger partial charge in [0, 0.05) is 0 Å². The summed E-state index contributed by atoms with van der Waals surface area (Å²) in [5, 5.41) is 0. The Morgan fingerprint density at radius 3 is 2.56 bits per heavy atom. The van der Waals surface area contributed by atoms with E-state index in [2.05, 4.69) is 4.74 Å². The molecule has 0 aromatic carbocycles. The van der Waals surface area contributed by atoms with Crippen LogP contribution in [0.15, 0.2) is 0 Å². The molecule has 1 aliphatic heterocycles. The van der Waals surface area contributed by atoms with Gasteiger partial charge < -0.3 is 4.74 Å². The van der Waals surface area contributed by atoms with Crippen LogP contribution in [0, 0.1) is 5.92 Å². The second-order valence-electron chi connectivity index (χ2n) is 2.10. The minimum Gasteiger partial charge on any atom is -0.393 e. The summed E-state index contributed by atoms with van der Waals surface area (Å²) < 4.78 is 4.29. The van der Waals surface area contributed by atoms with Gasteiger partial charge in [-0.3, -0.25) is 9.59 Å². The van der Waals surface area contributed by atoms with E-state index in [0.717, 1.165) is 0 Å². The topological polar surface area (TPSA) is 43.4 Å². The van der Waals surface area contributed by atoms with Crippen LogP contribution in [0.4, 0.5) is 0 Å². The lowest BCUT2D eigenvalue weighted by molar-refractivity contribution is -0.152. The molecule has 1 heterocycles. The van der Waals surface area contributed by atoms with Crippen LogP contribution in [0.3, 0.4) is 0 Å². The summed E-state index contributed by atoms with van der Waals surface area (Å²) in [5.74, 6) is -0.910. The van der Waals surface area contributed by atoms with Crippen LogP contribution in [0.2, 0.25) is 6.32 Å². The average Bonchev–Trinajstić information content (AvgIpc) is 2.10. The Morgan fingerprint density at radius 1 is 1.67 bits per heavy atom. The standard InChI is InChI=1S/C5H7BO3/c6-2-3-1-4(7)9-5(3)8/h3H,1-2,6H2. The number of esters is 2. The van der Waals surface area contributed by atoms with Gasteiger partial charge >= 0.3 is 11.9 Å². The van der Waals surface area contributed by atoms with Gasteiger partial charge in [-0.2, -0.15) is 0 Å². The summed E-state index contributed by atoms with van der Waals surface area (Å²) in [6, 6.07) is 0. The monoisotopic (exact) mass is 126 g/mol. The molecule has 0 saturated carbocycles. The zero-order valence-electron chi connectivity index (χ0n) is 5.22. The maximum Gasteiger partial charge on any atom is 0.316 e. The summed E-state index contributed by atoms with van der Waals surface area (Å²) >= 11 is 0. The Labute approximate surface area is 53.8 Å². The minimum absolute atomic E-state index is 0.169. The van der Waals surface area contributed by atoms with E-state index in [1.165, 1.54) is 0 Å². The number of carbonyl (C=O) groups excluding carboxylic acids is 2. The Morgan fingerprint density at radius 2 is 2.33 bits per heavy atom. The molecule has 0 spiro atoms. The molecule has 1 aliphatic rings. The van der Waals surface area contributed by atoms with Gasteiger partial charge in [-0.15, -0.1) is 0 Å². The van der Waals surface area contributed by atoms with Crippen molar-refractivity contribution in [2.75, 3.05) is 0 Å². The van der Waals surface area contributed by atoms with Gasteiger partial charge in [0.2, 0.25) is 0 Å². The molecular formula is C5H7BO3. The first kappa shape index (κ1) is 6.33. The molecule has 0 aromatic rings. The Balaban J connectivity index is 2.58. The molecule has 1 fully saturated rings. The zero-order valence-corrected chi connectivity index (χ0v) is 5.22. The first-order chi connectivity index (χ1) is 4.24. The molecule has 1 atom stereocenters. The van der Waals surface area contributed by atoms with Crippen LogP contribution in [0.5, 0.6) is 0 Å². The fourth-order valence-corrected chi connectivity index (χ4v) is 0.833. The number of ether oxygens (including phenoxy) is 1. The minimum atomic E-state index is -0.383. The van der Waals surface area contributed by atoms with E-state index < -0.39 is 0 Å². The molecule has 0 radical (unpaired) electrons. The second kappa shape index (κ2) is 2.21. The van der Waals surface area contributed by atoms with Gasteiger partial charge in [-0.25, -0.2) is 0 Å². The van der Waals surface area contributed by atoms with Crippen LogP contribution in [-0.4, -0.2) is 19.8 Å². The van der Waals surface area contributed by atoms with Crippen LogP contribution in [-0.2, 0) is 14.3 Å². The van der Waals surface area contributed by atoms with E-state index >= 15 is 0 Å². The summed E-state index contributed by atoms with van der Waals surface area (Å²) in [4.78, 5) is 21.0. The average molecular weight is 126 g/mol. The molecule has 0 bridgehead atoms. The first-order valence-corrected chi connectivity index (χ1v) is 2.98. The summed E-state index contributed by atoms with van der Waals surface area (Å²) in [7, 11) is 1.87. The molecule has 48 valence electrons. The number of hydrogen-bond donors (Lipinski definition) is 0. The highest BCUT2D eigenvalue weighted by atomic mass is 16.6. The molecule has 0 aromatic heterocycles. The first-order valence-electron chi connectivity index (χ1n) is 2.98. The maximum atomic E-state index is 10.6. The molecule has 1 unspecified atom stereocenters. The third-order valence-electron chi connectivity index (χ3n) is 1.45. The van der Waals surface area contributed by atoms with Crippen molar-refractivity contribution in [2.24, 2.45) is 5.92 Å². The SMILES string of the molecule is BCC1CC(=O)OC1=O. The van der Waals surface area contributed by atoms with Crippen molar-refractivity contribution >= 4 is 19.8 Å². The van der Waals surface area contributed by atoms with Crippen LogP contribution in [0.25, 0.3) is 0 Å². The van der Waals surface area contributed by atoms with Crippen molar-refractivity contribution in [3.63, 3.8) is 0 Å². The lowest BCUT2D eigenvalue weighted by Crippen LogP contribution is -2.05. The van der Waals surface area contributed by atoms with Gasteiger partial charge in [0.15, 0.2) is 0 Å². The lowest BCUT2D eigenvalue weighted by Gasteiger charge is -1.93. The van der Waals surface area contributed by atoms with Crippen molar-refractivity contribution < 1.29 is 14.3 Å². The number of rotatable bonds is 1. The predicted molar refractivity (Wildman–Crippen MR) is 32.6 cm³/mol. The molecule has 0 N–H and O–H groups in total. The van der Waals surface area contributed by atoms with E-state index in [9.17, 15) is 9.59 Å². The van der Waals surface area contributed by atoms with Crippen LogP contribution < -0.4 is 0 Å². The fraction of sp³-hybridized carbons (Fsp3) is 0.600. The smallest absolute Gasteiger partial charge is 0.316 e. The van der Waals surface area contributed by atoms with E-state index in [1.807, 2.05) is 7.85 Å².